The van der Waals surface area contributed by atoms with Crippen LogP contribution in [0.1, 0.15) is 23.9 Å². The van der Waals surface area contributed by atoms with Crippen LogP contribution < -0.4 is 20.9 Å². The number of nitrogens with two attached hydrogens (primary N) is 1. The number of nitriles is 1. The molecular formula is C22H22FN9OS2. The molecule has 4 heterocycles. The van der Waals surface area contributed by atoms with Crippen LogP contribution in [0.2, 0.25) is 0 Å². The van der Waals surface area contributed by atoms with Gasteiger partial charge in [-0.25, -0.2) is 19.2 Å². The summed E-state index contributed by atoms with van der Waals surface area (Å²) in [5, 5.41) is 18.7. The van der Waals surface area contributed by atoms with E-state index in [-0.39, 0.29) is 11.9 Å². The lowest BCUT2D eigenvalue weighted by Gasteiger charge is -2.16. The highest BCUT2D eigenvalue weighted by molar-refractivity contribution is 7.20. The average molecular weight is 512 g/mol. The number of hydrogen-bond donors (Lipinski definition) is 2. The summed E-state index contributed by atoms with van der Waals surface area (Å²) >= 11 is 2.74. The molecule has 10 nitrogen and oxygen atoms in total. The van der Waals surface area contributed by atoms with Gasteiger partial charge in [0.15, 0.2) is 10.9 Å². The fourth-order valence-electron chi connectivity index (χ4n) is 4.15. The van der Waals surface area contributed by atoms with Gasteiger partial charge < -0.3 is 20.9 Å². The van der Waals surface area contributed by atoms with E-state index in [1.165, 1.54) is 34.8 Å². The molecule has 1 saturated heterocycles. The number of thiazole rings is 1. The molecule has 35 heavy (non-hydrogen) atoms. The second-order valence-corrected chi connectivity index (χ2v) is 10.0. The zero-order chi connectivity index (χ0) is 24.7. The molecule has 0 bridgehead atoms. The van der Waals surface area contributed by atoms with Gasteiger partial charge in [-0.1, -0.05) is 29.6 Å². The molecular weight excluding hydrogens is 489 g/mol. The van der Waals surface area contributed by atoms with Gasteiger partial charge in [0.05, 0.1) is 5.69 Å². The maximum atomic E-state index is 13.4. The van der Waals surface area contributed by atoms with Crippen molar-refractivity contribution < 1.29 is 9.18 Å². The first-order valence-electron chi connectivity index (χ1n) is 11.0. The molecule has 4 aromatic rings. The van der Waals surface area contributed by atoms with Crippen LogP contribution in [0.25, 0.3) is 16.2 Å². The lowest BCUT2D eigenvalue weighted by atomic mass is 10.1. The van der Waals surface area contributed by atoms with E-state index in [9.17, 15) is 14.4 Å². The fourth-order valence-corrected chi connectivity index (χ4v) is 5.94. The number of anilines is 3. The van der Waals surface area contributed by atoms with Crippen molar-refractivity contribution in [2.75, 3.05) is 29.9 Å². The normalized spacial score (nSPS) is 15.5. The number of nitrogens with zero attached hydrogens (tertiary/aromatic N) is 7. The van der Waals surface area contributed by atoms with Gasteiger partial charge in [0.25, 0.3) is 0 Å². The van der Waals surface area contributed by atoms with Crippen LogP contribution in [-0.4, -0.2) is 51.8 Å². The van der Waals surface area contributed by atoms with E-state index in [4.69, 9.17) is 20.8 Å². The summed E-state index contributed by atoms with van der Waals surface area (Å²) in [7, 11) is 1.87. The predicted octanol–water partition coefficient (Wildman–Crippen LogP) is 3.50. The molecule has 3 N–H and O–H groups in total. The molecule has 1 unspecified atom stereocenters. The molecule has 13 heteroatoms. The minimum absolute atomic E-state index is 0.0123. The number of rotatable bonds is 6. The van der Waals surface area contributed by atoms with E-state index in [0.717, 1.165) is 34.6 Å². The molecule has 5 rings (SSSR count). The summed E-state index contributed by atoms with van der Waals surface area (Å²) in [6.07, 6.45) is 1.49. The number of halogens is 1. The summed E-state index contributed by atoms with van der Waals surface area (Å²) in [5.41, 5.74) is 7.32. The predicted molar refractivity (Wildman–Crippen MR) is 134 cm³/mol. The summed E-state index contributed by atoms with van der Waals surface area (Å²) in [4.78, 5) is 25.9. The van der Waals surface area contributed by atoms with Crippen molar-refractivity contribution in [2.24, 2.45) is 5.73 Å². The van der Waals surface area contributed by atoms with E-state index < -0.39 is 6.03 Å². The molecule has 1 aromatic carbocycles. The Bertz CT molecular complexity index is 1440. The Morgan fingerprint density at radius 3 is 2.80 bits per heavy atom. The fraction of sp³-hybridized carbons (Fsp3) is 0.318. The number of primary amides is 1. The number of urea groups is 1. The number of carbonyl (C=O) groups excluding carboxylic acids is 1. The number of hydrogen-bond acceptors (Lipinski definition) is 9. The Morgan fingerprint density at radius 2 is 2.11 bits per heavy atom. The zero-order valence-corrected chi connectivity index (χ0v) is 20.7. The third-order valence-electron chi connectivity index (χ3n) is 5.82. The first-order valence-corrected chi connectivity index (χ1v) is 12.6. The van der Waals surface area contributed by atoms with Gasteiger partial charge in [0, 0.05) is 31.7 Å². The lowest BCUT2D eigenvalue weighted by Crippen LogP contribution is -2.40. The number of amides is 2. The van der Waals surface area contributed by atoms with Crippen LogP contribution in [0.5, 0.6) is 0 Å². The zero-order valence-electron chi connectivity index (χ0n) is 19.0. The number of imidazole rings is 1. The van der Waals surface area contributed by atoms with E-state index in [1.807, 2.05) is 18.9 Å². The Morgan fingerprint density at radius 1 is 1.34 bits per heavy atom. The number of carbonyl (C=O) groups is 1. The van der Waals surface area contributed by atoms with Gasteiger partial charge in [-0.2, -0.15) is 9.78 Å². The largest absolute Gasteiger partial charge is 0.352 e. The summed E-state index contributed by atoms with van der Waals surface area (Å²) < 4.78 is 15.2. The van der Waals surface area contributed by atoms with Crippen LogP contribution >= 0.6 is 22.7 Å². The molecule has 0 radical (unpaired) electrons. The van der Waals surface area contributed by atoms with Gasteiger partial charge in [-0.05, 0) is 37.1 Å². The number of fused-ring (bicyclic) bond motifs is 1. The minimum Gasteiger partial charge on any atom is -0.352 e. The van der Waals surface area contributed by atoms with Gasteiger partial charge >= 0.3 is 6.03 Å². The first kappa shape index (κ1) is 23.0. The minimum atomic E-state index is -0.525. The van der Waals surface area contributed by atoms with Crippen molar-refractivity contribution in [2.45, 2.75) is 25.8 Å². The Labute approximate surface area is 208 Å². The standard InChI is InChI=1S/C22H22FN9OS2/c1-3-15-18(30(2)20-28-17(16(10-24)34-20)12-4-6-13(23)7-5-12)32-21(27-15)35-22(29-32)31-9-8-14(11-31)26-19(25)33/h4-7,14H,3,8-9,11H2,1-2H3,(H3,25,26,33). The SMILES string of the molecule is CCc1nc2sc(N3CCC(NC(N)=O)C3)nn2c1N(C)c1nc(-c2ccc(F)cc2)c(C#N)s1. The number of benzene rings is 1. The average Bonchev–Trinajstić information content (AvgIpc) is 3.60. The first-order chi connectivity index (χ1) is 16.9. The number of aromatic nitrogens is 4. The quantitative estimate of drug-likeness (QED) is 0.405. The third-order valence-corrected chi connectivity index (χ3v) is 7.82. The molecule has 2 amide bonds. The van der Waals surface area contributed by atoms with E-state index in [0.29, 0.717) is 34.2 Å². The Balaban J connectivity index is 1.49. The van der Waals surface area contributed by atoms with E-state index >= 15 is 0 Å². The third kappa shape index (κ3) is 4.26. The molecule has 3 aromatic heterocycles. The van der Waals surface area contributed by atoms with Crippen molar-refractivity contribution in [3.05, 3.63) is 40.7 Å². The highest BCUT2D eigenvalue weighted by Crippen LogP contribution is 2.38. The van der Waals surface area contributed by atoms with Gasteiger partial charge in [-0.15, -0.1) is 5.10 Å². The maximum Gasteiger partial charge on any atom is 0.312 e. The van der Waals surface area contributed by atoms with Crippen molar-refractivity contribution in [3.8, 4) is 17.3 Å². The van der Waals surface area contributed by atoms with Gasteiger partial charge in [0.1, 0.15) is 22.5 Å². The second kappa shape index (κ2) is 9.12. The monoisotopic (exact) mass is 511 g/mol. The summed E-state index contributed by atoms with van der Waals surface area (Å²) in [6.45, 7) is 3.41. The van der Waals surface area contributed by atoms with Crippen LogP contribution in [-0.2, 0) is 6.42 Å². The molecule has 1 aliphatic heterocycles. The van der Waals surface area contributed by atoms with Crippen LogP contribution in [0.15, 0.2) is 24.3 Å². The highest BCUT2D eigenvalue weighted by Gasteiger charge is 2.28. The molecule has 0 saturated carbocycles. The second-order valence-electron chi connectivity index (χ2n) is 8.11. The molecule has 1 aliphatic rings. The highest BCUT2D eigenvalue weighted by atomic mass is 32.1. The van der Waals surface area contributed by atoms with Crippen LogP contribution in [0.4, 0.5) is 25.3 Å². The maximum absolute atomic E-state index is 13.4. The summed E-state index contributed by atoms with van der Waals surface area (Å²) in [5.74, 6) is 0.433. The Kier molecular flexibility index (Phi) is 6.00. The van der Waals surface area contributed by atoms with Crippen molar-refractivity contribution in [1.82, 2.24) is 24.9 Å². The molecule has 180 valence electrons. The van der Waals surface area contributed by atoms with Crippen molar-refractivity contribution in [1.29, 1.82) is 5.26 Å². The van der Waals surface area contributed by atoms with Crippen LogP contribution in [0, 0.1) is 17.1 Å². The lowest BCUT2D eigenvalue weighted by molar-refractivity contribution is 0.246. The topological polar surface area (TPSA) is 128 Å². The van der Waals surface area contributed by atoms with E-state index in [1.54, 1.807) is 16.6 Å². The molecule has 1 atom stereocenters. The van der Waals surface area contributed by atoms with Crippen molar-refractivity contribution in [3.63, 3.8) is 0 Å². The van der Waals surface area contributed by atoms with Gasteiger partial charge in [0.2, 0.25) is 10.1 Å². The Hall–Kier alpha value is -3.76. The van der Waals surface area contributed by atoms with Crippen molar-refractivity contribution >= 4 is 49.7 Å². The number of aryl methyl sites for hydroxylation is 1. The van der Waals surface area contributed by atoms with Crippen LogP contribution in [0.3, 0.4) is 0 Å². The van der Waals surface area contributed by atoms with E-state index in [2.05, 4.69) is 16.3 Å². The molecule has 0 aliphatic carbocycles. The number of nitrogens with one attached hydrogen (secondary N) is 1. The molecule has 0 spiro atoms. The summed E-state index contributed by atoms with van der Waals surface area (Å²) in [6, 6.07) is 7.61. The smallest absolute Gasteiger partial charge is 0.312 e. The van der Waals surface area contributed by atoms with Gasteiger partial charge in [-0.3, -0.25) is 0 Å². The molecule has 1 fully saturated rings.